The van der Waals surface area contributed by atoms with E-state index in [0.29, 0.717) is 21.9 Å². The van der Waals surface area contributed by atoms with Crippen molar-refractivity contribution in [1.29, 1.82) is 0 Å². The van der Waals surface area contributed by atoms with Gasteiger partial charge in [-0.05, 0) is 60.2 Å². The van der Waals surface area contributed by atoms with Crippen LogP contribution in [0.2, 0.25) is 5.02 Å². The summed E-state index contributed by atoms with van der Waals surface area (Å²) in [4.78, 5) is 36.4. The van der Waals surface area contributed by atoms with Crippen LogP contribution in [0.25, 0.3) is 0 Å². The fraction of sp³-hybridized carbons (Fsp3) is 0.125. The van der Waals surface area contributed by atoms with Crippen LogP contribution in [-0.4, -0.2) is 31.4 Å². The Morgan fingerprint density at radius 2 is 1.55 bits per heavy atom. The summed E-state index contributed by atoms with van der Waals surface area (Å²) in [6, 6.07) is 19.4. The molecule has 0 unspecified atom stereocenters. The number of carbonyl (C=O) groups excluding carboxylic acids is 3. The van der Waals surface area contributed by atoms with E-state index in [2.05, 4.69) is 0 Å². The fourth-order valence-corrected chi connectivity index (χ4v) is 2.80. The molecule has 0 saturated heterocycles. The molecule has 0 heterocycles. The van der Waals surface area contributed by atoms with Crippen LogP contribution < -0.4 is 9.47 Å². The fourth-order valence-electron chi connectivity index (χ4n) is 2.67. The van der Waals surface area contributed by atoms with Gasteiger partial charge in [0.25, 0.3) is 0 Å². The number of rotatable bonds is 8. The Hall–Kier alpha value is -3.64. The van der Waals surface area contributed by atoms with E-state index in [1.807, 2.05) is 0 Å². The molecule has 6 nitrogen and oxygen atoms in total. The van der Waals surface area contributed by atoms with E-state index in [4.69, 9.17) is 25.8 Å². The van der Waals surface area contributed by atoms with E-state index in [9.17, 15) is 14.4 Å². The summed E-state index contributed by atoms with van der Waals surface area (Å²) in [6.45, 7) is -0.380. The average molecular weight is 439 g/mol. The molecule has 0 aromatic heterocycles. The van der Waals surface area contributed by atoms with Crippen LogP contribution in [0.1, 0.15) is 26.3 Å². The lowest BCUT2D eigenvalue weighted by Gasteiger charge is -2.07. The summed E-state index contributed by atoms with van der Waals surface area (Å²) in [6.07, 6.45) is 0.0452. The third-order valence-corrected chi connectivity index (χ3v) is 4.57. The summed E-state index contributed by atoms with van der Waals surface area (Å²) in [7, 11) is 1.51. The minimum atomic E-state index is -0.547. The molecule has 31 heavy (non-hydrogen) atoms. The van der Waals surface area contributed by atoms with Crippen molar-refractivity contribution in [1.82, 2.24) is 0 Å². The van der Waals surface area contributed by atoms with Crippen molar-refractivity contribution in [2.45, 2.75) is 6.42 Å². The van der Waals surface area contributed by atoms with Gasteiger partial charge >= 0.3 is 11.9 Å². The number of hydrogen-bond acceptors (Lipinski definition) is 6. The van der Waals surface area contributed by atoms with Crippen molar-refractivity contribution in [2.75, 3.05) is 13.7 Å². The van der Waals surface area contributed by atoms with Crippen LogP contribution in [0.4, 0.5) is 0 Å². The Morgan fingerprint density at radius 3 is 2.23 bits per heavy atom. The summed E-state index contributed by atoms with van der Waals surface area (Å²) in [5, 5.41) is 0.574. The highest BCUT2D eigenvalue weighted by atomic mass is 35.5. The first-order chi connectivity index (χ1) is 14.9. The highest BCUT2D eigenvalue weighted by molar-refractivity contribution is 6.30. The highest BCUT2D eigenvalue weighted by Crippen LogP contribution is 2.18. The molecule has 158 valence electrons. The normalized spacial score (nSPS) is 10.3. The van der Waals surface area contributed by atoms with E-state index in [-0.39, 0.29) is 24.6 Å². The molecule has 0 bridgehead atoms. The minimum Gasteiger partial charge on any atom is -0.497 e. The molecule has 7 heteroatoms. The monoisotopic (exact) mass is 438 g/mol. The van der Waals surface area contributed by atoms with E-state index < -0.39 is 11.9 Å². The van der Waals surface area contributed by atoms with Crippen molar-refractivity contribution in [3.8, 4) is 11.5 Å². The summed E-state index contributed by atoms with van der Waals surface area (Å²) >= 11 is 5.81. The van der Waals surface area contributed by atoms with Gasteiger partial charge in [-0.25, -0.2) is 4.79 Å². The second kappa shape index (κ2) is 10.4. The number of benzene rings is 3. The summed E-state index contributed by atoms with van der Waals surface area (Å²) < 4.78 is 15.4. The number of methoxy groups -OCH3 is 1. The lowest BCUT2D eigenvalue weighted by molar-refractivity contribution is -0.141. The Kier molecular flexibility index (Phi) is 7.40. The minimum absolute atomic E-state index is 0.0452. The van der Waals surface area contributed by atoms with Gasteiger partial charge in [-0.15, -0.1) is 0 Å². The van der Waals surface area contributed by atoms with E-state index in [0.717, 1.165) is 5.56 Å². The Labute approximate surface area is 184 Å². The zero-order valence-corrected chi connectivity index (χ0v) is 17.4. The number of Topliss-reactive ketones (excluding diaryl/α,β-unsaturated/α-hetero) is 1. The Balaban J connectivity index is 1.51. The van der Waals surface area contributed by atoms with Gasteiger partial charge in [0.1, 0.15) is 11.5 Å². The molecule has 0 fully saturated rings. The maximum atomic E-state index is 12.3. The summed E-state index contributed by atoms with van der Waals surface area (Å²) in [5.74, 6) is -0.603. The molecule has 0 aliphatic rings. The molecule has 0 amide bonds. The summed E-state index contributed by atoms with van der Waals surface area (Å²) in [5.41, 5.74) is 1.41. The number of ketones is 1. The largest absolute Gasteiger partial charge is 0.497 e. The van der Waals surface area contributed by atoms with Crippen molar-refractivity contribution in [3.05, 3.63) is 94.5 Å². The molecular weight excluding hydrogens is 420 g/mol. The van der Waals surface area contributed by atoms with Crippen LogP contribution in [0.15, 0.2) is 72.8 Å². The van der Waals surface area contributed by atoms with Crippen molar-refractivity contribution < 1.29 is 28.6 Å². The predicted octanol–water partition coefficient (Wildman–Crippen LogP) is 4.54. The average Bonchev–Trinajstić information content (AvgIpc) is 2.79. The molecule has 0 N–H and O–H groups in total. The van der Waals surface area contributed by atoms with Gasteiger partial charge in [-0.2, -0.15) is 0 Å². The zero-order valence-electron chi connectivity index (χ0n) is 16.7. The third kappa shape index (κ3) is 6.42. The van der Waals surface area contributed by atoms with Crippen LogP contribution in [0.5, 0.6) is 11.5 Å². The van der Waals surface area contributed by atoms with Crippen LogP contribution in [0.3, 0.4) is 0 Å². The molecule has 3 aromatic rings. The Morgan fingerprint density at radius 1 is 0.839 bits per heavy atom. The number of ether oxygens (including phenoxy) is 3. The van der Waals surface area contributed by atoms with Crippen LogP contribution in [-0.2, 0) is 16.0 Å². The molecular formula is C24H19ClO6. The van der Waals surface area contributed by atoms with Gasteiger partial charge in [-0.3, -0.25) is 9.59 Å². The van der Waals surface area contributed by atoms with Gasteiger partial charge in [-0.1, -0.05) is 29.8 Å². The first-order valence-corrected chi connectivity index (χ1v) is 9.72. The van der Waals surface area contributed by atoms with Crippen molar-refractivity contribution in [2.24, 2.45) is 0 Å². The SMILES string of the molecule is COc1cccc(C(=O)Oc2ccc(C(=O)COC(=O)Cc3ccc(Cl)cc3)cc2)c1. The molecule has 3 aromatic carbocycles. The number of carbonyl (C=O) groups is 3. The molecule has 0 saturated carbocycles. The second-order valence-corrected chi connectivity index (χ2v) is 6.97. The molecule has 0 aliphatic heterocycles. The molecule has 0 spiro atoms. The lowest BCUT2D eigenvalue weighted by Crippen LogP contribution is -2.15. The first kappa shape index (κ1) is 22.1. The molecule has 0 radical (unpaired) electrons. The van der Waals surface area contributed by atoms with Gasteiger partial charge in [0.05, 0.1) is 19.1 Å². The topological polar surface area (TPSA) is 78.9 Å². The maximum Gasteiger partial charge on any atom is 0.343 e. The van der Waals surface area contributed by atoms with E-state index in [1.165, 1.54) is 31.4 Å². The van der Waals surface area contributed by atoms with E-state index in [1.54, 1.807) is 48.5 Å². The zero-order chi connectivity index (χ0) is 22.2. The van der Waals surface area contributed by atoms with E-state index >= 15 is 0 Å². The Bertz CT molecular complexity index is 1070. The number of hydrogen-bond donors (Lipinski definition) is 0. The van der Waals surface area contributed by atoms with Crippen molar-refractivity contribution >= 4 is 29.3 Å². The second-order valence-electron chi connectivity index (χ2n) is 6.53. The van der Waals surface area contributed by atoms with Gasteiger partial charge in [0, 0.05) is 10.6 Å². The van der Waals surface area contributed by atoms with Gasteiger partial charge < -0.3 is 14.2 Å². The molecule has 0 aliphatic carbocycles. The molecule has 0 atom stereocenters. The van der Waals surface area contributed by atoms with Crippen molar-refractivity contribution in [3.63, 3.8) is 0 Å². The van der Waals surface area contributed by atoms with Crippen LogP contribution in [0, 0.1) is 0 Å². The quantitative estimate of drug-likeness (QED) is 0.292. The first-order valence-electron chi connectivity index (χ1n) is 9.34. The van der Waals surface area contributed by atoms with Gasteiger partial charge in [0.15, 0.2) is 12.4 Å². The smallest absolute Gasteiger partial charge is 0.343 e. The number of halogens is 1. The highest BCUT2D eigenvalue weighted by Gasteiger charge is 2.13. The lowest BCUT2D eigenvalue weighted by atomic mass is 10.1. The molecule has 3 rings (SSSR count). The standard InChI is InChI=1S/C24H19ClO6/c1-29-21-4-2-3-18(14-21)24(28)31-20-11-7-17(8-12-20)22(26)15-30-23(27)13-16-5-9-19(25)10-6-16/h2-12,14H,13,15H2,1H3. The van der Waals surface area contributed by atoms with Gasteiger partial charge in [0.2, 0.25) is 0 Å². The predicted molar refractivity (Wildman–Crippen MR) is 115 cm³/mol. The number of esters is 2. The van der Waals surface area contributed by atoms with Crippen LogP contribution >= 0.6 is 11.6 Å². The third-order valence-electron chi connectivity index (χ3n) is 4.32. The maximum absolute atomic E-state index is 12.3.